The van der Waals surface area contributed by atoms with Crippen LogP contribution in [0.25, 0.3) is 0 Å². The number of rotatable bonds is 10. The van der Waals surface area contributed by atoms with E-state index in [1.54, 1.807) is 45.9 Å². The smallest absolute Gasteiger partial charge is 0.410 e. The summed E-state index contributed by atoms with van der Waals surface area (Å²) in [6, 6.07) is 13.6. The number of nitrogens with two attached hydrogens (primary N) is 1. The molecule has 1 unspecified atom stereocenters. The van der Waals surface area contributed by atoms with E-state index in [4.69, 9.17) is 26.8 Å². The van der Waals surface area contributed by atoms with Crippen molar-refractivity contribution in [1.29, 1.82) is 0 Å². The Bertz CT molecular complexity index is 1820. The lowest BCUT2D eigenvalue weighted by Gasteiger charge is -2.44. The second-order valence-corrected chi connectivity index (χ2v) is 16.8. The van der Waals surface area contributed by atoms with Crippen molar-refractivity contribution in [1.82, 2.24) is 9.21 Å². The van der Waals surface area contributed by atoms with Gasteiger partial charge in [-0.2, -0.15) is 4.31 Å². The van der Waals surface area contributed by atoms with Crippen LogP contribution in [-0.2, 0) is 30.7 Å². The zero-order valence-electron chi connectivity index (χ0n) is 29.9. The van der Waals surface area contributed by atoms with Gasteiger partial charge in [0, 0.05) is 60.6 Å². The second kappa shape index (κ2) is 16.6. The zero-order valence-corrected chi connectivity index (χ0v) is 31.4. The molecular formula is C38H47ClF2N4O6S. The number of carbonyl (C=O) groups excluding carboxylic acids is 2. The number of nitrogens with one attached hydrogen (secondary N) is 1. The van der Waals surface area contributed by atoms with E-state index in [1.165, 1.54) is 33.5 Å². The summed E-state index contributed by atoms with van der Waals surface area (Å²) in [5.41, 5.74) is 7.15. The van der Waals surface area contributed by atoms with E-state index in [2.05, 4.69) is 5.32 Å². The Morgan fingerprint density at radius 3 is 2.31 bits per heavy atom. The van der Waals surface area contributed by atoms with Gasteiger partial charge in [-0.25, -0.2) is 22.0 Å². The standard InChI is InChI=1S/C38H47ClF2N4O6S/c1-24-22-44(37(47)51-38(2,3)4)23-29(45(24)52(48,49)30-15-12-28(40)13-16-30)14-17-31-32(41)6-5-7-33(31)43-36(46)35(42)34(26-18-20-50-21-19-26)25-8-10-27(39)11-9-25/h5-13,15-16,24,26,29,34-35H,14,17-23,42H2,1-4H3,(H,43,46)/t24-,29?,34+,35+/m1/s1. The van der Waals surface area contributed by atoms with Crippen LogP contribution < -0.4 is 11.1 Å². The Kier molecular flexibility index (Phi) is 12.6. The number of hydrogen-bond donors (Lipinski definition) is 2. The molecule has 0 spiro atoms. The highest BCUT2D eigenvalue weighted by molar-refractivity contribution is 7.89. The summed E-state index contributed by atoms with van der Waals surface area (Å²) in [6.07, 6.45) is 0.923. The molecular weight excluding hydrogens is 714 g/mol. The number of piperazine rings is 1. The molecule has 0 aromatic heterocycles. The van der Waals surface area contributed by atoms with Crippen LogP contribution in [0.1, 0.15) is 64.0 Å². The third kappa shape index (κ3) is 9.48. The van der Waals surface area contributed by atoms with E-state index in [0.29, 0.717) is 18.2 Å². The van der Waals surface area contributed by atoms with E-state index >= 15 is 4.39 Å². The highest BCUT2D eigenvalue weighted by Gasteiger charge is 2.43. The number of amides is 2. The zero-order chi connectivity index (χ0) is 37.8. The molecule has 2 aliphatic heterocycles. The minimum Gasteiger partial charge on any atom is -0.444 e. The summed E-state index contributed by atoms with van der Waals surface area (Å²) < 4.78 is 69.9. The van der Waals surface area contributed by atoms with Crippen LogP contribution in [0.5, 0.6) is 0 Å². The highest BCUT2D eigenvalue weighted by Crippen LogP contribution is 2.36. The molecule has 0 bridgehead atoms. The summed E-state index contributed by atoms with van der Waals surface area (Å²) >= 11 is 6.16. The van der Waals surface area contributed by atoms with E-state index < -0.39 is 57.4 Å². The van der Waals surface area contributed by atoms with Crippen molar-refractivity contribution in [3.63, 3.8) is 0 Å². The van der Waals surface area contributed by atoms with Crippen LogP contribution in [-0.4, -0.2) is 79.7 Å². The van der Waals surface area contributed by atoms with Gasteiger partial charge in [-0.3, -0.25) is 4.79 Å². The van der Waals surface area contributed by atoms with Crippen molar-refractivity contribution in [3.05, 3.63) is 94.5 Å². The van der Waals surface area contributed by atoms with Gasteiger partial charge in [-0.15, -0.1) is 0 Å². The lowest BCUT2D eigenvalue weighted by molar-refractivity contribution is -0.118. The van der Waals surface area contributed by atoms with Crippen LogP contribution >= 0.6 is 11.6 Å². The molecule has 0 saturated carbocycles. The molecule has 3 aromatic rings. The van der Waals surface area contributed by atoms with Crippen LogP contribution in [0.15, 0.2) is 71.6 Å². The first kappa shape index (κ1) is 39.6. The van der Waals surface area contributed by atoms with Crippen LogP contribution in [0.2, 0.25) is 5.02 Å². The normalized spacial score (nSPS) is 20.3. The molecule has 3 N–H and O–H groups in total. The van der Waals surface area contributed by atoms with Gasteiger partial charge in [-0.1, -0.05) is 29.8 Å². The van der Waals surface area contributed by atoms with Crippen LogP contribution in [0.3, 0.4) is 0 Å². The Morgan fingerprint density at radius 2 is 1.67 bits per heavy atom. The van der Waals surface area contributed by atoms with E-state index in [-0.39, 0.29) is 53.9 Å². The third-order valence-corrected chi connectivity index (χ3v) is 11.9. The van der Waals surface area contributed by atoms with Crippen molar-refractivity contribution >= 4 is 39.3 Å². The van der Waals surface area contributed by atoms with Gasteiger partial charge < -0.3 is 25.4 Å². The monoisotopic (exact) mass is 760 g/mol. The predicted molar refractivity (Wildman–Crippen MR) is 196 cm³/mol. The fourth-order valence-corrected chi connectivity index (χ4v) is 9.13. The number of benzene rings is 3. The number of sulfonamides is 1. The predicted octanol–water partition coefficient (Wildman–Crippen LogP) is 6.73. The molecule has 2 saturated heterocycles. The van der Waals surface area contributed by atoms with Gasteiger partial charge in [0.25, 0.3) is 0 Å². The van der Waals surface area contributed by atoms with E-state index in [1.807, 2.05) is 12.1 Å². The summed E-state index contributed by atoms with van der Waals surface area (Å²) in [6.45, 7) is 8.01. The molecule has 14 heteroatoms. The number of carbonyl (C=O) groups is 2. The molecule has 0 aliphatic carbocycles. The molecule has 2 fully saturated rings. The molecule has 5 rings (SSSR count). The largest absolute Gasteiger partial charge is 0.444 e. The van der Waals surface area contributed by atoms with Gasteiger partial charge in [0.15, 0.2) is 0 Å². The average Bonchev–Trinajstić information content (AvgIpc) is 3.08. The molecule has 52 heavy (non-hydrogen) atoms. The van der Waals surface area contributed by atoms with Crippen molar-refractivity contribution in [3.8, 4) is 0 Å². The molecule has 4 atom stereocenters. The highest BCUT2D eigenvalue weighted by atomic mass is 35.5. The number of hydrogen-bond acceptors (Lipinski definition) is 7. The summed E-state index contributed by atoms with van der Waals surface area (Å²) in [5.74, 6) is -1.96. The number of anilines is 1. The summed E-state index contributed by atoms with van der Waals surface area (Å²) in [5, 5.41) is 3.42. The maximum absolute atomic E-state index is 15.6. The SMILES string of the molecule is C[C@@H]1CN(C(=O)OC(C)(C)C)CC(CCc2c(F)cccc2NC(=O)[C@@H](N)[C@@H](c2ccc(Cl)cc2)C2CCOCC2)N1S(=O)(=O)c1ccc(F)cc1. The Balaban J connectivity index is 1.41. The number of halogens is 3. The molecule has 282 valence electrons. The summed E-state index contributed by atoms with van der Waals surface area (Å²) in [7, 11) is -4.18. The molecule has 2 aliphatic rings. The minimum absolute atomic E-state index is 0.00703. The summed E-state index contributed by atoms with van der Waals surface area (Å²) in [4.78, 5) is 28.4. The van der Waals surface area contributed by atoms with Crippen molar-refractivity contribution in [2.45, 2.75) is 87.9 Å². The van der Waals surface area contributed by atoms with E-state index in [9.17, 15) is 22.4 Å². The lowest BCUT2D eigenvalue weighted by atomic mass is 9.76. The fourth-order valence-electron chi connectivity index (χ4n) is 7.18. The molecule has 3 aromatic carbocycles. The van der Waals surface area contributed by atoms with Crippen molar-refractivity contribution in [2.75, 3.05) is 31.6 Å². The quantitative estimate of drug-likeness (QED) is 0.235. The Hall–Kier alpha value is -3.62. The lowest BCUT2D eigenvalue weighted by Crippen LogP contribution is -2.61. The van der Waals surface area contributed by atoms with Gasteiger partial charge in [0.05, 0.1) is 10.9 Å². The second-order valence-electron chi connectivity index (χ2n) is 14.5. The number of nitrogens with zero attached hydrogens (tertiary/aromatic N) is 2. The van der Waals surface area contributed by atoms with Crippen molar-refractivity contribution in [2.24, 2.45) is 11.7 Å². The van der Waals surface area contributed by atoms with Gasteiger partial charge in [-0.05, 0) is 113 Å². The minimum atomic E-state index is -4.18. The van der Waals surface area contributed by atoms with Crippen LogP contribution in [0.4, 0.5) is 19.3 Å². The number of ether oxygens (including phenoxy) is 2. The van der Waals surface area contributed by atoms with E-state index in [0.717, 1.165) is 30.5 Å². The Labute approximate surface area is 309 Å². The van der Waals surface area contributed by atoms with Gasteiger partial charge in [0.1, 0.15) is 17.2 Å². The molecule has 2 heterocycles. The topological polar surface area (TPSA) is 131 Å². The Morgan fingerprint density at radius 1 is 1.02 bits per heavy atom. The molecule has 10 nitrogen and oxygen atoms in total. The van der Waals surface area contributed by atoms with Crippen molar-refractivity contribution < 1.29 is 36.3 Å². The van der Waals surface area contributed by atoms with Gasteiger partial charge >= 0.3 is 6.09 Å². The maximum Gasteiger partial charge on any atom is 0.410 e. The fraction of sp³-hybridized carbons (Fsp3) is 0.474. The molecule has 0 radical (unpaired) electrons. The first-order valence-corrected chi connectivity index (χ1v) is 19.3. The first-order valence-electron chi connectivity index (χ1n) is 17.5. The van der Waals surface area contributed by atoms with Crippen LogP contribution in [0, 0.1) is 17.6 Å². The first-order chi connectivity index (χ1) is 24.5. The van der Waals surface area contributed by atoms with Gasteiger partial charge in [0.2, 0.25) is 15.9 Å². The third-order valence-electron chi connectivity index (χ3n) is 9.57. The maximum atomic E-state index is 15.6. The molecule has 2 amide bonds. The average molecular weight is 761 g/mol.